The van der Waals surface area contributed by atoms with Gasteiger partial charge in [-0.05, 0) is 48.3 Å². The first-order chi connectivity index (χ1) is 18.2. The van der Waals surface area contributed by atoms with Gasteiger partial charge in [0.15, 0.2) is 0 Å². The molecule has 0 bridgehead atoms. The average molecular weight is 518 g/mol. The fourth-order valence-corrected chi connectivity index (χ4v) is 4.07. The number of benzene rings is 2. The third-order valence-electron chi connectivity index (χ3n) is 5.98. The molecule has 38 heavy (non-hydrogen) atoms. The second-order valence-electron chi connectivity index (χ2n) is 9.30. The fraction of sp³-hybridized carbons (Fsp3) is 0.250. The summed E-state index contributed by atoms with van der Waals surface area (Å²) in [5, 5.41) is 15.9. The van der Waals surface area contributed by atoms with Gasteiger partial charge in [-0.1, -0.05) is 50.2 Å². The highest BCUT2D eigenvalue weighted by Crippen LogP contribution is 2.32. The number of rotatable bonds is 8. The Morgan fingerprint density at radius 2 is 1.76 bits per heavy atom. The van der Waals surface area contributed by atoms with E-state index in [0.29, 0.717) is 11.1 Å². The largest absolute Gasteiger partial charge is 0.357 e. The maximum Gasteiger partial charge on any atom is 0.357 e. The van der Waals surface area contributed by atoms with Crippen molar-refractivity contribution in [2.75, 3.05) is 0 Å². The number of aromatic nitrogens is 4. The lowest BCUT2D eigenvalue weighted by atomic mass is 10.2. The van der Waals surface area contributed by atoms with Crippen LogP contribution in [0.2, 0.25) is 0 Å². The van der Waals surface area contributed by atoms with Crippen molar-refractivity contribution in [3.05, 3.63) is 115 Å². The van der Waals surface area contributed by atoms with Gasteiger partial charge in [0, 0.05) is 30.4 Å². The first-order valence-electron chi connectivity index (χ1n) is 12.3. The van der Waals surface area contributed by atoms with Crippen LogP contribution in [0.4, 0.5) is 10.1 Å². The molecule has 0 amide bonds. The molecule has 0 aliphatic heterocycles. The molecule has 10 heteroatoms. The number of hydrogen-bond donors (Lipinski definition) is 0. The van der Waals surface area contributed by atoms with Gasteiger partial charge >= 0.3 is 16.9 Å². The summed E-state index contributed by atoms with van der Waals surface area (Å²) >= 11 is 0. The summed E-state index contributed by atoms with van der Waals surface area (Å²) in [6.07, 6.45) is 6.08. The number of hydrogen-bond acceptors (Lipinski definition) is 5. The lowest BCUT2D eigenvalue weighted by Gasteiger charge is -2.14. The van der Waals surface area contributed by atoms with Crippen molar-refractivity contribution in [3.8, 4) is 11.1 Å². The molecule has 0 fully saturated rings. The predicted molar refractivity (Wildman–Crippen MR) is 144 cm³/mol. The Morgan fingerprint density at radius 1 is 1.05 bits per heavy atom. The molecular weight excluding hydrogens is 489 g/mol. The molecule has 196 valence electrons. The van der Waals surface area contributed by atoms with Crippen LogP contribution in [0.3, 0.4) is 0 Å². The molecule has 0 spiro atoms. The van der Waals surface area contributed by atoms with Crippen molar-refractivity contribution >= 4 is 17.8 Å². The van der Waals surface area contributed by atoms with Crippen molar-refractivity contribution in [1.29, 1.82) is 0 Å². The van der Waals surface area contributed by atoms with Gasteiger partial charge < -0.3 is 0 Å². The van der Waals surface area contributed by atoms with E-state index in [9.17, 15) is 24.1 Å². The highest BCUT2D eigenvalue weighted by atomic mass is 19.1. The second kappa shape index (κ2) is 11.2. The van der Waals surface area contributed by atoms with E-state index in [2.05, 4.69) is 29.4 Å². The Morgan fingerprint density at radius 3 is 2.32 bits per heavy atom. The smallest absolute Gasteiger partial charge is 0.287 e. The fourth-order valence-electron chi connectivity index (χ4n) is 4.07. The summed E-state index contributed by atoms with van der Waals surface area (Å²) < 4.78 is 17.5. The lowest BCUT2D eigenvalue weighted by molar-refractivity contribution is -0.387. The molecule has 2 aliphatic rings. The number of halogens is 1. The summed E-state index contributed by atoms with van der Waals surface area (Å²) in [6, 6.07) is 14.8. The zero-order chi connectivity index (χ0) is 27.4. The van der Waals surface area contributed by atoms with Gasteiger partial charge in [0.1, 0.15) is 11.5 Å². The van der Waals surface area contributed by atoms with Gasteiger partial charge in [0.25, 0.3) is 0 Å². The summed E-state index contributed by atoms with van der Waals surface area (Å²) in [4.78, 5) is 36.4. The first-order valence-corrected chi connectivity index (χ1v) is 12.3. The molecule has 2 aromatic heterocycles. The van der Waals surface area contributed by atoms with Crippen molar-refractivity contribution in [1.82, 2.24) is 18.9 Å². The van der Waals surface area contributed by atoms with Crippen molar-refractivity contribution < 1.29 is 9.31 Å². The van der Waals surface area contributed by atoms with E-state index in [1.807, 2.05) is 13.8 Å². The minimum absolute atomic E-state index is 0.0192. The number of nitrogens with zero attached hydrogens (tertiary/aromatic N) is 5. The van der Waals surface area contributed by atoms with Crippen LogP contribution in [0.15, 0.2) is 70.5 Å². The van der Waals surface area contributed by atoms with Gasteiger partial charge in [0.05, 0.1) is 17.7 Å². The zero-order valence-corrected chi connectivity index (χ0v) is 21.4. The second-order valence-corrected chi connectivity index (χ2v) is 9.30. The SMILES string of the molecule is CCn1c(=O)c([N+](=O)[O-])c(C=Cc2cnn(Cc3ccccc3F)c2)n(CC(C)C)c1=O.c1cc2cc-2c1. The monoisotopic (exact) mass is 517 g/mol. The Balaban J connectivity index is 0.000000483. The van der Waals surface area contributed by atoms with Crippen LogP contribution in [-0.2, 0) is 19.6 Å². The maximum atomic E-state index is 13.9. The minimum atomic E-state index is -0.933. The molecule has 0 N–H and O–H groups in total. The predicted octanol–water partition coefficient (Wildman–Crippen LogP) is 4.82. The van der Waals surface area contributed by atoms with E-state index < -0.39 is 21.9 Å². The zero-order valence-electron chi connectivity index (χ0n) is 21.4. The molecule has 2 heterocycles. The van der Waals surface area contributed by atoms with Gasteiger partial charge in [-0.3, -0.25) is 28.7 Å². The normalized spacial score (nSPS) is 11.5. The molecule has 0 saturated carbocycles. The molecule has 0 atom stereocenters. The van der Waals surface area contributed by atoms with E-state index in [1.165, 1.54) is 38.7 Å². The van der Waals surface area contributed by atoms with Crippen LogP contribution in [0.1, 0.15) is 37.6 Å². The molecule has 0 radical (unpaired) electrons. The molecule has 3 aromatic rings. The minimum Gasteiger partial charge on any atom is -0.287 e. The topological polar surface area (TPSA) is 105 Å². The van der Waals surface area contributed by atoms with Crippen LogP contribution < -0.4 is 11.2 Å². The van der Waals surface area contributed by atoms with E-state index in [1.54, 1.807) is 37.4 Å². The molecule has 0 unspecified atom stereocenters. The summed E-state index contributed by atoms with van der Waals surface area (Å²) in [5.41, 5.74) is 1.66. The lowest BCUT2D eigenvalue weighted by Crippen LogP contribution is -2.42. The molecule has 0 saturated heterocycles. The van der Waals surface area contributed by atoms with Gasteiger partial charge in [-0.25, -0.2) is 9.18 Å². The quantitative estimate of drug-likeness (QED) is 0.217. The average Bonchev–Trinajstić information content (AvgIpc) is 3.23. The Bertz CT molecular complexity index is 1610. The third-order valence-corrected chi connectivity index (χ3v) is 5.98. The maximum absolute atomic E-state index is 13.9. The molecule has 5 rings (SSSR count). The van der Waals surface area contributed by atoms with Gasteiger partial charge in [-0.15, -0.1) is 0 Å². The Hall–Kier alpha value is -4.60. The van der Waals surface area contributed by atoms with Crippen LogP contribution in [0.5, 0.6) is 0 Å². The third kappa shape index (κ3) is 5.86. The Kier molecular flexibility index (Phi) is 7.80. The van der Waals surface area contributed by atoms with Crippen LogP contribution in [-0.4, -0.2) is 23.8 Å². The van der Waals surface area contributed by atoms with E-state index in [-0.39, 0.29) is 37.1 Å². The number of fused-ring (bicyclic) bond motifs is 1. The molecular formula is C28H28FN5O4. The first kappa shape index (κ1) is 26.5. The number of nitro groups is 1. The van der Waals surface area contributed by atoms with Gasteiger partial charge in [-0.2, -0.15) is 5.10 Å². The van der Waals surface area contributed by atoms with Crippen molar-refractivity contribution in [2.24, 2.45) is 5.92 Å². The summed E-state index contributed by atoms with van der Waals surface area (Å²) in [5.74, 6) is -0.323. The van der Waals surface area contributed by atoms with Crippen LogP contribution >= 0.6 is 0 Å². The van der Waals surface area contributed by atoms with Crippen molar-refractivity contribution in [2.45, 2.75) is 40.4 Å². The van der Waals surface area contributed by atoms with Gasteiger partial charge in [0.2, 0.25) is 0 Å². The van der Waals surface area contributed by atoms with E-state index >= 15 is 0 Å². The van der Waals surface area contributed by atoms with Crippen LogP contribution in [0, 0.1) is 21.8 Å². The molecule has 1 aromatic carbocycles. The Labute approximate surface area is 218 Å². The van der Waals surface area contributed by atoms with Crippen molar-refractivity contribution in [3.63, 3.8) is 0 Å². The van der Waals surface area contributed by atoms with Crippen LogP contribution in [0.25, 0.3) is 23.3 Å². The molecule has 9 nitrogen and oxygen atoms in total. The summed E-state index contributed by atoms with van der Waals surface area (Å²) in [6.45, 7) is 5.80. The van der Waals surface area contributed by atoms with E-state index in [0.717, 1.165) is 4.57 Å². The summed E-state index contributed by atoms with van der Waals surface area (Å²) in [7, 11) is 0. The standard InChI is InChI=1S/C22H24FN5O4.C6H4/c1-4-26-21(29)20(28(31)32)19(27(22(26)30)12-15(2)3)10-9-16-11-24-25(13-16)14-17-7-5-6-8-18(17)23;1-2-5-4-6(5)3-1/h5-11,13,15H,4,12,14H2,1-3H3;1-4H. The molecule has 2 aliphatic carbocycles. The highest BCUT2D eigenvalue weighted by molar-refractivity contribution is 5.80. The van der Waals surface area contributed by atoms with E-state index in [4.69, 9.17) is 0 Å². The highest BCUT2D eigenvalue weighted by Gasteiger charge is 2.26.